The van der Waals surface area contributed by atoms with E-state index in [0.29, 0.717) is 0 Å². The maximum atomic E-state index is 14.3. The van der Waals surface area contributed by atoms with Crippen molar-refractivity contribution in [3.63, 3.8) is 0 Å². The first kappa shape index (κ1) is 17.9. The summed E-state index contributed by atoms with van der Waals surface area (Å²) >= 11 is 0. The highest BCUT2D eigenvalue weighted by Gasteiger charge is 2.57. The summed E-state index contributed by atoms with van der Waals surface area (Å²) in [5, 5.41) is 7.56. The van der Waals surface area contributed by atoms with E-state index in [9.17, 15) is 23.2 Å². The number of urea groups is 1. The summed E-state index contributed by atoms with van der Waals surface area (Å²) in [7, 11) is 0. The molecule has 3 N–H and O–H groups in total. The summed E-state index contributed by atoms with van der Waals surface area (Å²) in [4.78, 5) is 35.9. The molecule has 144 valence electrons. The molecule has 1 heterocycles. The molecule has 0 bridgehead atoms. The Hall–Kier alpha value is -2.51. The van der Waals surface area contributed by atoms with E-state index in [0.717, 1.165) is 25.7 Å². The predicted octanol–water partition coefficient (Wildman–Crippen LogP) is 2.30. The molecule has 1 unspecified atom stereocenters. The van der Waals surface area contributed by atoms with E-state index in [2.05, 4.69) is 16.0 Å². The Kier molecular flexibility index (Phi) is 4.36. The molecule has 3 aliphatic rings. The van der Waals surface area contributed by atoms with Crippen LogP contribution in [-0.2, 0) is 9.59 Å². The van der Waals surface area contributed by atoms with Gasteiger partial charge in [0.15, 0.2) is 0 Å². The fourth-order valence-electron chi connectivity index (χ4n) is 4.58. The summed E-state index contributed by atoms with van der Waals surface area (Å²) in [6.45, 7) is 0. The number of benzene rings is 1. The number of carbonyl (C=O) groups excluding carboxylic acids is 3. The number of nitrogens with one attached hydrogen (secondary N) is 3. The topological polar surface area (TPSA) is 87.3 Å². The molecular weight excluding hydrogens is 356 g/mol. The first-order valence-electron chi connectivity index (χ1n) is 9.27. The molecule has 8 heteroatoms. The molecule has 4 rings (SSSR count). The van der Waals surface area contributed by atoms with Gasteiger partial charge in [-0.3, -0.25) is 14.9 Å². The average molecular weight is 377 g/mol. The average Bonchev–Trinajstić information content (AvgIpc) is 3.19. The second kappa shape index (κ2) is 6.58. The quantitative estimate of drug-likeness (QED) is 0.704. The van der Waals surface area contributed by atoms with Crippen molar-refractivity contribution in [2.24, 2.45) is 11.8 Å². The third-order valence-electron chi connectivity index (χ3n) is 6.05. The Labute approximate surface area is 155 Å². The maximum absolute atomic E-state index is 14.3. The van der Waals surface area contributed by atoms with Crippen molar-refractivity contribution in [1.29, 1.82) is 0 Å². The van der Waals surface area contributed by atoms with Crippen LogP contribution in [0.4, 0.5) is 13.6 Å². The van der Waals surface area contributed by atoms with Gasteiger partial charge >= 0.3 is 6.03 Å². The van der Waals surface area contributed by atoms with Gasteiger partial charge in [-0.2, -0.15) is 0 Å². The highest BCUT2D eigenvalue weighted by Crippen LogP contribution is 2.42. The fourth-order valence-corrected chi connectivity index (χ4v) is 4.58. The molecular formula is C19H21F2N3O3. The summed E-state index contributed by atoms with van der Waals surface area (Å²) in [6, 6.07) is 2.41. The highest BCUT2D eigenvalue weighted by atomic mass is 19.1. The minimum atomic E-state index is -1.02. The lowest BCUT2D eigenvalue weighted by molar-refractivity contribution is -0.137. The Morgan fingerprint density at radius 3 is 2.33 bits per heavy atom. The SMILES string of the molecule is O=C1NC(=O)C2(CC(C(=O)NC(c3c(F)cccc3F)C3CCCC3)C2)N1. The van der Waals surface area contributed by atoms with Crippen LogP contribution in [-0.4, -0.2) is 23.4 Å². The minimum absolute atomic E-state index is 0.0242. The van der Waals surface area contributed by atoms with Crippen molar-refractivity contribution in [3.05, 3.63) is 35.4 Å². The van der Waals surface area contributed by atoms with E-state index >= 15 is 0 Å². The van der Waals surface area contributed by atoms with E-state index in [1.54, 1.807) is 0 Å². The maximum Gasteiger partial charge on any atom is 0.322 e. The van der Waals surface area contributed by atoms with Gasteiger partial charge in [-0.1, -0.05) is 18.9 Å². The lowest BCUT2D eigenvalue weighted by atomic mass is 9.67. The predicted molar refractivity (Wildman–Crippen MR) is 91.3 cm³/mol. The Morgan fingerprint density at radius 2 is 1.78 bits per heavy atom. The van der Waals surface area contributed by atoms with Crippen molar-refractivity contribution >= 4 is 17.8 Å². The minimum Gasteiger partial charge on any atom is -0.349 e. The molecule has 3 fully saturated rings. The van der Waals surface area contributed by atoms with Crippen LogP contribution in [0.25, 0.3) is 0 Å². The van der Waals surface area contributed by atoms with Gasteiger partial charge in [0.2, 0.25) is 5.91 Å². The van der Waals surface area contributed by atoms with E-state index in [4.69, 9.17) is 0 Å². The van der Waals surface area contributed by atoms with Gasteiger partial charge < -0.3 is 10.6 Å². The van der Waals surface area contributed by atoms with Gasteiger partial charge in [0.05, 0.1) is 6.04 Å². The molecule has 4 amide bonds. The van der Waals surface area contributed by atoms with E-state index in [-0.39, 0.29) is 30.2 Å². The van der Waals surface area contributed by atoms with Gasteiger partial charge in [-0.15, -0.1) is 0 Å². The molecule has 0 radical (unpaired) electrons. The van der Waals surface area contributed by atoms with Crippen LogP contribution in [0, 0.1) is 23.5 Å². The third-order valence-corrected chi connectivity index (χ3v) is 6.05. The number of hydrogen-bond acceptors (Lipinski definition) is 3. The number of halogens is 2. The van der Waals surface area contributed by atoms with E-state index in [1.165, 1.54) is 18.2 Å². The molecule has 1 aromatic rings. The molecule has 1 saturated heterocycles. The second-order valence-electron chi connectivity index (χ2n) is 7.76. The van der Waals surface area contributed by atoms with Crippen LogP contribution in [0.3, 0.4) is 0 Å². The van der Waals surface area contributed by atoms with Crippen molar-refractivity contribution in [3.8, 4) is 0 Å². The highest BCUT2D eigenvalue weighted by molar-refractivity contribution is 6.08. The van der Waals surface area contributed by atoms with E-state index in [1.807, 2.05) is 0 Å². The number of rotatable bonds is 4. The van der Waals surface area contributed by atoms with Crippen LogP contribution < -0.4 is 16.0 Å². The van der Waals surface area contributed by atoms with Crippen LogP contribution in [0.15, 0.2) is 18.2 Å². The summed E-state index contributed by atoms with van der Waals surface area (Å²) < 4.78 is 28.7. The van der Waals surface area contributed by atoms with Crippen LogP contribution in [0.5, 0.6) is 0 Å². The standard InChI is InChI=1S/C19H21F2N3O3/c20-12-6-3-7-13(21)14(12)15(10-4-1-2-5-10)22-16(25)11-8-19(9-11)17(26)23-18(27)24-19/h3,6-7,10-11,15H,1-2,4-5,8-9H2,(H,22,25)(H2,23,24,26,27). The van der Waals surface area contributed by atoms with Gasteiger partial charge in [0, 0.05) is 11.5 Å². The zero-order chi connectivity index (χ0) is 19.2. The summed E-state index contributed by atoms with van der Waals surface area (Å²) in [5.41, 5.74) is -1.12. The molecule has 6 nitrogen and oxygen atoms in total. The molecule has 1 aromatic carbocycles. The zero-order valence-corrected chi connectivity index (χ0v) is 14.7. The summed E-state index contributed by atoms with van der Waals surface area (Å²) in [6.07, 6.45) is 3.90. The Bertz CT molecular complexity index is 781. The molecule has 2 aliphatic carbocycles. The number of amides is 4. The molecule has 27 heavy (non-hydrogen) atoms. The van der Waals surface area contributed by atoms with Crippen molar-refractivity contribution in [2.45, 2.75) is 50.1 Å². The second-order valence-corrected chi connectivity index (χ2v) is 7.76. The van der Waals surface area contributed by atoms with Crippen molar-refractivity contribution in [1.82, 2.24) is 16.0 Å². The molecule has 1 spiro atoms. The molecule has 1 atom stereocenters. The lowest BCUT2D eigenvalue weighted by Gasteiger charge is -2.42. The van der Waals surface area contributed by atoms with Crippen molar-refractivity contribution < 1.29 is 23.2 Å². The normalized spacial score (nSPS) is 28.6. The Balaban J connectivity index is 1.50. The number of imide groups is 1. The lowest BCUT2D eigenvalue weighted by Crippen LogP contribution is -2.60. The monoisotopic (exact) mass is 377 g/mol. The first-order valence-corrected chi connectivity index (χ1v) is 9.27. The zero-order valence-electron chi connectivity index (χ0n) is 14.7. The smallest absolute Gasteiger partial charge is 0.322 e. The molecule has 1 aliphatic heterocycles. The van der Waals surface area contributed by atoms with Gasteiger partial charge in [-0.25, -0.2) is 13.6 Å². The van der Waals surface area contributed by atoms with Gasteiger partial charge in [0.1, 0.15) is 17.2 Å². The third kappa shape index (κ3) is 3.07. The largest absolute Gasteiger partial charge is 0.349 e. The summed E-state index contributed by atoms with van der Waals surface area (Å²) in [5.74, 6) is -2.60. The van der Waals surface area contributed by atoms with Crippen LogP contribution in [0.2, 0.25) is 0 Å². The van der Waals surface area contributed by atoms with Crippen LogP contribution in [0.1, 0.15) is 50.1 Å². The van der Waals surface area contributed by atoms with Gasteiger partial charge in [-0.05, 0) is 43.7 Å². The van der Waals surface area contributed by atoms with E-state index < -0.39 is 41.1 Å². The fraction of sp³-hybridized carbons (Fsp3) is 0.526. The molecule has 2 saturated carbocycles. The van der Waals surface area contributed by atoms with Gasteiger partial charge in [0.25, 0.3) is 5.91 Å². The number of carbonyl (C=O) groups is 3. The van der Waals surface area contributed by atoms with Crippen LogP contribution >= 0.6 is 0 Å². The number of hydrogen-bond donors (Lipinski definition) is 3. The first-order chi connectivity index (χ1) is 12.9. The molecule has 0 aromatic heterocycles. The van der Waals surface area contributed by atoms with Crippen molar-refractivity contribution in [2.75, 3.05) is 0 Å². The Morgan fingerprint density at radius 1 is 1.15 bits per heavy atom.